The Labute approximate surface area is 248 Å². The molecule has 0 aliphatic heterocycles. The Hall–Kier alpha value is -1.03. The fourth-order valence-corrected chi connectivity index (χ4v) is 12.4. The largest absolute Gasteiger partial charge is 0.481 e. The highest BCUT2D eigenvalue weighted by Gasteiger charge is 2.45. The maximum absolute atomic E-state index is 13.5. The van der Waals surface area contributed by atoms with E-state index >= 15 is 0 Å². The zero-order chi connectivity index (χ0) is 30.2. The number of unbranched alkanes of at least 4 members (excludes halogenated alkanes) is 3. The fourth-order valence-electron chi connectivity index (χ4n) is 6.36. The van der Waals surface area contributed by atoms with E-state index in [-0.39, 0.29) is 35.7 Å². The molecular weight excluding hydrogens is 533 g/mol. The molecule has 0 bridgehead atoms. The molecule has 1 rings (SSSR count). The molecule has 1 aliphatic carbocycles. The van der Waals surface area contributed by atoms with Crippen molar-refractivity contribution in [3.05, 3.63) is 24.3 Å². The van der Waals surface area contributed by atoms with Crippen molar-refractivity contribution in [3.63, 3.8) is 0 Å². The maximum Gasteiger partial charge on any atom is 0.303 e. The van der Waals surface area contributed by atoms with Gasteiger partial charge in [-0.2, -0.15) is 0 Å². The number of Topliss-reactive ketones (excluding diaryl/α,β-unsaturated/α-hetero) is 1. The lowest BCUT2D eigenvalue weighted by atomic mass is 9.88. The van der Waals surface area contributed by atoms with Crippen LogP contribution in [0.4, 0.5) is 0 Å². The number of hydrogen-bond donors (Lipinski definition) is 1. The Balaban J connectivity index is 3.30. The first-order valence-electron chi connectivity index (χ1n) is 16.5. The van der Waals surface area contributed by atoms with Crippen LogP contribution in [0.3, 0.4) is 0 Å². The van der Waals surface area contributed by atoms with Gasteiger partial charge in [-0.25, -0.2) is 0 Å². The summed E-state index contributed by atoms with van der Waals surface area (Å²) in [7, 11) is -3.70. The van der Waals surface area contributed by atoms with Crippen LogP contribution < -0.4 is 0 Å². The summed E-state index contributed by atoms with van der Waals surface area (Å²) in [4.78, 5) is 24.4. The Morgan fingerprint density at radius 1 is 0.925 bits per heavy atom. The van der Waals surface area contributed by atoms with Crippen LogP contribution in [0.15, 0.2) is 24.3 Å². The molecule has 0 aromatic heterocycles. The number of carbonyl (C=O) groups excluding carboxylic acids is 1. The van der Waals surface area contributed by atoms with Gasteiger partial charge in [-0.3, -0.25) is 9.59 Å². The van der Waals surface area contributed by atoms with E-state index in [9.17, 15) is 9.59 Å². The third-order valence-electron chi connectivity index (χ3n) is 9.70. The molecule has 1 N–H and O–H groups in total. The van der Waals surface area contributed by atoms with Gasteiger partial charge in [0.2, 0.25) is 0 Å². The fraction of sp³-hybridized carbons (Fsp3) is 0.818. The number of ketones is 1. The maximum atomic E-state index is 13.5. The molecule has 7 heteroatoms. The van der Waals surface area contributed by atoms with Crippen LogP contribution >= 0.6 is 0 Å². The third-order valence-corrected chi connectivity index (χ3v) is 19.1. The minimum atomic E-state index is -1.87. The predicted molar refractivity (Wildman–Crippen MR) is 174 cm³/mol. The number of rotatable bonds is 22. The second kappa shape index (κ2) is 18.5. The van der Waals surface area contributed by atoms with Gasteiger partial charge in [0, 0.05) is 24.7 Å². The van der Waals surface area contributed by atoms with Crippen LogP contribution in [0.25, 0.3) is 0 Å². The monoisotopic (exact) mass is 594 g/mol. The van der Waals surface area contributed by atoms with Crippen molar-refractivity contribution >= 4 is 28.4 Å². The Bertz CT molecular complexity index is 786. The lowest BCUT2D eigenvalue weighted by Crippen LogP contribution is -2.45. The van der Waals surface area contributed by atoms with E-state index in [2.05, 4.69) is 79.7 Å². The molecule has 0 unspecified atom stereocenters. The van der Waals surface area contributed by atoms with Crippen LogP contribution in [0, 0.1) is 11.8 Å². The van der Waals surface area contributed by atoms with Gasteiger partial charge in [0.15, 0.2) is 16.6 Å². The summed E-state index contributed by atoms with van der Waals surface area (Å²) in [5, 5.41) is 8.94. The molecule has 0 heterocycles. The van der Waals surface area contributed by atoms with E-state index in [0.29, 0.717) is 12.8 Å². The summed E-state index contributed by atoms with van der Waals surface area (Å²) in [5.41, 5.74) is -0.353. The predicted octanol–water partition coefficient (Wildman–Crippen LogP) is 9.70. The average Bonchev–Trinajstić information content (AvgIpc) is 3.24. The summed E-state index contributed by atoms with van der Waals surface area (Å²) in [5.74, 6) is -0.515. The van der Waals surface area contributed by atoms with Crippen molar-refractivity contribution < 1.29 is 23.5 Å². The lowest BCUT2D eigenvalue weighted by Gasteiger charge is -2.39. The molecule has 1 aliphatic rings. The minimum Gasteiger partial charge on any atom is -0.481 e. The summed E-state index contributed by atoms with van der Waals surface area (Å²) < 4.78 is 14.1. The van der Waals surface area contributed by atoms with Crippen LogP contribution in [-0.4, -0.2) is 45.2 Å². The molecular formula is C33H62O5Si2. The molecule has 4 atom stereocenters. The minimum absolute atomic E-state index is 0.0417. The van der Waals surface area contributed by atoms with Gasteiger partial charge in [-0.05, 0) is 68.9 Å². The van der Waals surface area contributed by atoms with Gasteiger partial charge in [-0.15, -0.1) is 0 Å². The van der Waals surface area contributed by atoms with Crippen molar-refractivity contribution in [2.24, 2.45) is 11.8 Å². The average molecular weight is 595 g/mol. The molecule has 0 amide bonds. The summed E-state index contributed by atoms with van der Waals surface area (Å²) in [6.45, 7) is 18.1. The van der Waals surface area contributed by atoms with E-state index in [1.165, 1.54) is 12.8 Å². The zero-order valence-corrected chi connectivity index (χ0v) is 29.2. The quantitative estimate of drug-likeness (QED) is 0.0767. The normalized spacial score (nSPS) is 22.0. The van der Waals surface area contributed by atoms with Crippen molar-refractivity contribution in [3.8, 4) is 0 Å². The topological polar surface area (TPSA) is 72.8 Å². The first kappa shape index (κ1) is 37.0. The zero-order valence-electron chi connectivity index (χ0n) is 27.2. The number of aliphatic carboxylic acids is 1. The van der Waals surface area contributed by atoms with Crippen LogP contribution in [0.5, 0.6) is 0 Å². The SMILES string of the molecule is CCCCC[C@](C)(/C=C/[C@H]1C(=O)C[C@H](O[Si](CC)(CC)CC)[C@@H]1C/C=C\CCCC(=O)O)O[Si](CC)(CC)CC. The van der Waals surface area contributed by atoms with E-state index in [4.69, 9.17) is 14.0 Å². The highest BCUT2D eigenvalue weighted by atomic mass is 28.4. The van der Waals surface area contributed by atoms with Crippen LogP contribution in [0.1, 0.15) is 113 Å². The van der Waals surface area contributed by atoms with Gasteiger partial charge < -0.3 is 14.0 Å². The Kier molecular flexibility index (Phi) is 17.1. The van der Waals surface area contributed by atoms with Crippen molar-refractivity contribution in [1.29, 1.82) is 0 Å². The van der Waals surface area contributed by atoms with E-state index < -0.39 is 22.6 Å². The van der Waals surface area contributed by atoms with Crippen LogP contribution in [0.2, 0.25) is 36.3 Å². The Morgan fingerprint density at radius 3 is 2.05 bits per heavy atom. The molecule has 1 fully saturated rings. The van der Waals surface area contributed by atoms with Gasteiger partial charge >= 0.3 is 5.97 Å². The van der Waals surface area contributed by atoms with E-state index in [0.717, 1.165) is 61.9 Å². The number of carboxylic acid groups (broad SMARTS) is 1. The molecule has 232 valence electrons. The summed E-state index contributed by atoms with van der Waals surface area (Å²) in [6.07, 6.45) is 16.0. The molecule has 0 aromatic carbocycles. The second-order valence-corrected chi connectivity index (χ2v) is 21.6. The second-order valence-electron chi connectivity index (χ2n) is 12.2. The Morgan fingerprint density at radius 2 is 1.52 bits per heavy atom. The third kappa shape index (κ3) is 11.3. The summed E-state index contributed by atoms with van der Waals surface area (Å²) in [6, 6.07) is 6.56. The molecule has 1 saturated carbocycles. The first-order chi connectivity index (χ1) is 19.0. The van der Waals surface area contributed by atoms with Gasteiger partial charge in [0.25, 0.3) is 0 Å². The van der Waals surface area contributed by atoms with Gasteiger partial charge in [0.05, 0.1) is 11.7 Å². The molecule has 5 nitrogen and oxygen atoms in total. The van der Waals surface area contributed by atoms with E-state index in [1.807, 2.05) is 0 Å². The van der Waals surface area contributed by atoms with E-state index in [1.54, 1.807) is 0 Å². The van der Waals surface area contributed by atoms with Crippen molar-refractivity contribution in [1.82, 2.24) is 0 Å². The molecule has 0 aromatic rings. The van der Waals surface area contributed by atoms with Gasteiger partial charge in [0.1, 0.15) is 5.78 Å². The van der Waals surface area contributed by atoms with Crippen molar-refractivity contribution in [2.75, 3.05) is 0 Å². The molecule has 40 heavy (non-hydrogen) atoms. The highest BCUT2D eigenvalue weighted by molar-refractivity contribution is 6.74. The highest BCUT2D eigenvalue weighted by Crippen LogP contribution is 2.40. The summed E-state index contributed by atoms with van der Waals surface area (Å²) >= 11 is 0. The number of carbonyl (C=O) groups is 2. The lowest BCUT2D eigenvalue weighted by molar-refractivity contribution is -0.137. The molecule has 0 spiro atoms. The van der Waals surface area contributed by atoms with Gasteiger partial charge in [-0.1, -0.05) is 92.0 Å². The number of hydrogen-bond acceptors (Lipinski definition) is 4. The number of carboxylic acids is 1. The smallest absolute Gasteiger partial charge is 0.303 e. The van der Waals surface area contributed by atoms with Crippen LogP contribution in [-0.2, 0) is 18.4 Å². The molecule has 0 radical (unpaired) electrons. The standard InChI is InChI=1S/C33H62O5Si2/c1-9-16-21-25-33(8,38-40(13-5,14-6)15-7)26-24-28-29(22-19-17-18-20-23-32(35)36)31(27-30(28)34)37-39(10-2,11-3)12-4/h17,19,24,26,28-29,31H,9-16,18,20-23,25,27H2,1-8H3,(H,35,36)/b19-17-,26-24+/t28-,29-,31+,33-/m1/s1. The van der Waals surface area contributed by atoms with Crippen molar-refractivity contribution in [2.45, 2.75) is 161 Å². The molecule has 0 saturated heterocycles. The number of allylic oxidation sites excluding steroid dienone is 3. The first-order valence-corrected chi connectivity index (χ1v) is 21.5.